The van der Waals surface area contributed by atoms with Crippen molar-refractivity contribution in [2.75, 3.05) is 0 Å². The number of benzene rings is 2. The second-order valence-corrected chi connectivity index (χ2v) is 7.55. The summed E-state index contributed by atoms with van der Waals surface area (Å²) in [5, 5.41) is 3.62. The molecule has 1 atom stereocenters. The Morgan fingerprint density at radius 2 is 1.08 bits per heavy atom. The Bertz CT molecular complexity index is 797. The molecule has 1 aromatic heterocycles. The fourth-order valence-corrected chi connectivity index (χ4v) is 3.10. The van der Waals surface area contributed by atoms with Crippen LogP contribution in [0.15, 0.2) is 73.1 Å². The van der Waals surface area contributed by atoms with E-state index in [1.165, 1.54) is 27.8 Å². The van der Waals surface area contributed by atoms with E-state index in [0.29, 0.717) is 6.04 Å². The maximum atomic E-state index is 4.08. The van der Waals surface area contributed by atoms with Crippen LogP contribution in [0.1, 0.15) is 39.3 Å². The van der Waals surface area contributed by atoms with E-state index >= 15 is 0 Å². The van der Waals surface area contributed by atoms with Gasteiger partial charge in [-0.3, -0.25) is 4.98 Å². The molecule has 0 aliphatic carbocycles. The van der Waals surface area contributed by atoms with E-state index in [2.05, 4.69) is 86.5 Å². The first-order chi connectivity index (χ1) is 11.9. The number of pyridine rings is 1. The number of nitrogens with zero attached hydrogens (tertiary/aromatic N) is 1. The van der Waals surface area contributed by atoms with Gasteiger partial charge in [0.25, 0.3) is 0 Å². The Kier molecular flexibility index (Phi) is 5.00. The van der Waals surface area contributed by atoms with E-state index in [1.54, 1.807) is 0 Å². The SMILES string of the molecule is CC(NC(C)(C)C)c1ccc(-c2ccc(-c3ccncc3)cc2)cc1. The van der Waals surface area contributed by atoms with Gasteiger partial charge in [-0.1, -0.05) is 48.5 Å². The third-order valence-electron chi connectivity index (χ3n) is 4.29. The van der Waals surface area contributed by atoms with Gasteiger partial charge in [-0.2, -0.15) is 0 Å². The van der Waals surface area contributed by atoms with Gasteiger partial charge in [0.05, 0.1) is 0 Å². The van der Waals surface area contributed by atoms with Gasteiger partial charge in [-0.25, -0.2) is 0 Å². The van der Waals surface area contributed by atoms with Gasteiger partial charge in [0.1, 0.15) is 0 Å². The summed E-state index contributed by atoms with van der Waals surface area (Å²) in [6.45, 7) is 8.80. The minimum absolute atomic E-state index is 0.112. The molecule has 3 rings (SSSR count). The van der Waals surface area contributed by atoms with Gasteiger partial charge in [0.15, 0.2) is 0 Å². The average Bonchev–Trinajstić information content (AvgIpc) is 2.61. The Morgan fingerprint density at radius 3 is 1.52 bits per heavy atom. The van der Waals surface area contributed by atoms with E-state index in [4.69, 9.17) is 0 Å². The van der Waals surface area contributed by atoms with Gasteiger partial charge >= 0.3 is 0 Å². The van der Waals surface area contributed by atoms with Crippen LogP contribution in [0.5, 0.6) is 0 Å². The van der Waals surface area contributed by atoms with Crippen molar-refractivity contribution in [1.82, 2.24) is 10.3 Å². The molecule has 0 amide bonds. The van der Waals surface area contributed by atoms with Gasteiger partial charge in [-0.05, 0) is 67.6 Å². The third kappa shape index (κ3) is 4.55. The molecule has 0 spiro atoms. The summed E-state index contributed by atoms with van der Waals surface area (Å²) in [6.07, 6.45) is 3.66. The van der Waals surface area contributed by atoms with Crippen molar-refractivity contribution < 1.29 is 0 Å². The quantitative estimate of drug-likeness (QED) is 0.647. The van der Waals surface area contributed by atoms with Gasteiger partial charge in [0.2, 0.25) is 0 Å². The first-order valence-corrected chi connectivity index (χ1v) is 8.81. The number of nitrogens with one attached hydrogen (secondary N) is 1. The molecule has 2 nitrogen and oxygen atoms in total. The molecule has 0 radical (unpaired) electrons. The van der Waals surface area contributed by atoms with Gasteiger partial charge < -0.3 is 5.32 Å². The highest BCUT2D eigenvalue weighted by molar-refractivity contribution is 5.70. The van der Waals surface area contributed by atoms with Crippen molar-refractivity contribution in [3.63, 3.8) is 0 Å². The van der Waals surface area contributed by atoms with Crippen LogP contribution >= 0.6 is 0 Å². The van der Waals surface area contributed by atoms with E-state index in [1.807, 2.05) is 24.5 Å². The minimum atomic E-state index is 0.112. The maximum Gasteiger partial charge on any atom is 0.0296 e. The predicted molar refractivity (Wildman–Crippen MR) is 106 cm³/mol. The highest BCUT2D eigenvalue weighted by Crippen LogP contribution is 2.26. The van der Waals surface area contributed by atoms with Crippen LogP contribution in [-0.2, 0) is 0 Å². The lowest BCUT2D eigenvalue weighted by atomic mass is 9.98. The standard InChI is InChI=1S/C23H26N2/c1-17(25-23(2,3)4)18-5-7-19(8-6-18)20-9-11-21(12-10-20)22-13-15-24-16-14-22/h5-17,25H,1-4H3. The molecule has 0 bridgehead atoms. The molecule has 1 N–H and O–H groups in total. The Labute approximate surface area is 151 Å². The van der Waals surface area contributed by atoms with Crippen molar-refractivity contribution >= 4 is 0 Å². The molecule has 1 unspecified atom stereocenters. The molecule has 2 aromatic carbocycles. The minimum Gasteiger partial charge on any atom is -0.306 e. The van der Waals surface area contributed by atoms with Crippen LogP contribution in [0.25, 0.3) is 22.3 Å². The van der Waals surface area contributed by atoms with Crippen LogP contribution in [0.2, 0.25) is 0 Å². The fourth-order valence-electron chi connectivity index (χ4n) is 3.10. The summed E-state index contributed by atoms with van der Waals surface area (Å²) >= 11 is 0. The number of aromatic nitrogens is 1. The van der Waals surface area contributed by atoms with Crippen LogP contribution in [0.3, 0.4) is 0 Å². The smallest absolute Gasteiger partial charge is 0.0296 e. The molecule has 0 fully saturated rings. The predicted octanol–water partition coefficient (Wildman–Crippen LogP) is 5.86. The molecule has 0 saturated heterocycles. The average molecular weight is 330 g/mol. The van der Waals surface area contributed by atoms with Crippen molar-refractivity contribution in [3.05, 3.63) is 78.6 Å². The summed E-state index contributed by atoms with van der Waals surface area (Å²) in [4.78, 5) is 4.08. The molecule has 1 heterocycles. The van der Waals surface area contributed by atoms with E-state index in [-0.39, 0.29) is 5.54 Å². The fraction of sp³-hybridized carbons (Fsp3) is 0.261. The third-order valence-corrected chi connectivity index (χ3v) is 4.29. The molecular formula is C23H26N2. The summed E-state index contributed by atoms with van der Waals surface area (Å²) in [5.74, 6) is 0. The van der Waals surface area contributed by atoms with Crippen molar-refractivity contribution in [2.24, 2.45) is 0 Å². The van der Waals surface area contributed by atoms with E-state index < -0.39 is 0 Å². The molecule has 0 aliphatic rings. The van der Waals surface area contributed by atoms with Crippen LogP contribution in [0, 0.1) is 0 Å². The summed E-state index contributed by atoms with van der Waals surface area (Å²) in [6, 6.07) is 22.0. The largest absolute Gasteiger partial charge is 0.306 e. The zero-order valence-electron chi connectivity index (χ0n) is 15.5. The number of rotatable bonds is 4. The Hall–Kier alpha value is -2.45. The van der Waals surface area contributed by atoms with E-state index in [9.17, 15) is 0 Å². The van der Waals surface area contributed by atoms with Crippen LogP contribution in [-0.4, -0.2) is 10.5 Å². The molecule has 128 valence electrons. The molecule has 2 heteroatoms. The molecule has 0 saturated carbocycles. The molecule has 25 heavy (non-hydrogen) atoms. The second kappa shape index (κ2) is 7.20. The van der Waals surface area contributed by atoms with Crippen molar-refractivity contribution in [3.8, 4) is 22.3 Å². The Balaban J connectivity index is 1.76. The van der Waals surface area contributed by atoms with Crippen molar-refractivity contribution in [2.45, 2.75) is 39.3 Å². The normalized spacial score (nSPS) is 12.8. The Morgan fingerprint density at radius 1 is 0.680 bits per heavy atom. The van der Waals surface area contributed by atoms with Crippen molar-refractivity contribution in [1.29, 1.82) is 0 Å². The molecule has 3 aromatic rings. The first kappa shape index (κ1) is 17.4. The second-order valence-electron chi connectivity index (χ2n) is 7.55. The monoisotopic (exact) mass is 330 g/mol. The summed E-state index contributed by atoms with van der Waals surface area (Å²) in [5.41, 5.74) is 6.31. The topological polar surface area (TPSA) is 24.9 Å². The van der Waals surface area contributed by atoms with Gasteiger partial charge in [0, 0.05) is 24.0 Å². The lowest BCUT2D eigenvalue weighted by Crippen LogP contribution is -2.37. The zero-order chi connectivity index (χ0) is 17.9. The highest BCUT2D eigenvalue weighted by atomic mass is 15.0. The lowest BCUT2D eigenvalue weighted by molar-refractivity contribution is 0.378. The first-order valence-electron chi connectivity index (χ1n) is 8.81. The summed E-state index contributed by atoms with van der Waals surface area (Å²) in [7, 11) is 0. The lowest BCUT2D eigenvalue weighted by Gasteiger charge is -2.26. The number of hydrogen-bond acceptors (Lipinski definition) is 2. The summed E-state index contributed by atoms with van der Waals surface area (Å²) < 4.78 is 0. The zero-order valence-corrected chi connectivity index (χ0v) is 15.5. The van der Waals surface area contributed by atoms with Crippen LogP contribution in [0.4, 0.5) is 0 Å². The maximum absolute atomic E-state index is 4.08. The number of hydrogen-bond donors (Lipinski definition) is 1. The van der Waals surface area contributed by atoms with Crippen LogP contribution < -0.4 is 5.32 Å². The van der Waals surface area contributed by atoms with Gasteiger partial charge in [-0.15, -0.1) is 0 Å². The highest BCUT2D eigenvalue weighted by Gasteiger charge is 2.14. The van der Waals surface area contributed by atoms with E-state index in [0.717, 1.165) is 0 Å². The molecular weight excluding hydrogens is 304 g/mol. The molecule has 0 aliphatic heterocycles.